The van der Waals surface area contributed by atoms with Gasteiger partial charge in [-0.1, -0.05) is 32.9 Å². The van der Waals surface area contributed by atoms with Crippen LogP contribution in [0.5, 0.6) is 0 Å². The van der Waals surface area contributed by atoms with Crippen LogP contribution in [-0.4, -0.2) is 56.5 Å². The molecule has 0 saturated carbocycles. The zero-order valence-corrected chi connectivity index (χ0v) is 18.2. The fourth-order valence-electron chi connectivity index (χ4n) is 3.21. The molecule has 1 aromatic carbocycles. The summed E-state index contributed by atoms with van der Waals surface area (Å²) in [6.07, 6.45) is 1.14. The fraction of sp³-hybridized carbons (Fsp3) is 0.591. The van der Waals surface area contributed by atoms with Gasteiger partial charge in [-0.3, -0.25) is 14.4 Å². The molecule has 0 unspecified atom stereocenters. The molecule has 1 aromatic rings. The van der Waals surface area contributed by atoms with Crippen molar-refractivity contribution in [3.8, 4) is 0 Å². The highest BCUT2D eigenvalue weighted by Crippen LogP contribution is 2.24. The summed E-state index contributed by atoms with van der Waals surface area (Å²) in [6.45, 7) is 6.88. The minimum atomic E-state index is -0.418. The van der Waals surface area contributed by atoms with Gasteiger partial charge in [-0.15, -0.1) is 0 Å². The number of carbonyl (C=O) groups is 3. The molecule has 0 radical (unpaired) electrons. The van der Waals surface area contributed by atoms with Crippen molar-refractivity contribution in [2.75, 3.05) is 38.7 Å². The van der Waals surface area contributed by atoms with Crippen LogP contribution in [0.25, 0.3) is 0 Å². The van der Waals surface area contributed by atoms with Crippen molar-refractivity contribution in [2.24, 2.45) is 11.3 Å². The molecule has 7 heteroatoms. The van der Waals surface area contributed by atoms with Crippen molar-refractivity contribution in [3.05, 3.63) is 29.8 Å². The zero-order valence-electron chi connectivity index (χ0n) is 18.2. The number of carbonyl (C=O) groups excluding carboxylic acids is 3. The summed E-state index contributed by atoms with van der Waals surface area (Å²) in [7, 11) is 3.94. The SMILES string of the molecule is CN(C)c1ccc(CNC(=O)COC(=O)C2CCN(C(=O)C(C)(C)C)CC2)cc1. The third-order valence-corrected chi connectivity index (χ3v) is 5.05. The highest BCUT2D eigenvalue weighted by molar-refractivity contribution is 5.83. The molecule has 160 valence electrons. The third-order valence-electron chi connectivity index (χ3n) is 5.05. The smallest absolute Gasteiger partial charge is 0.309 e. The fourth-order valence-corrected chi connectivity index (χ4v) is 3.21. The molecule has 1 N–H and O–H groups in total. The quantitative estimate of drug-likeness (QED) is 0.737. The van der Waals surface area contributed by atoms with E-state index >= 15 is 0 Å². The number of likely N-dealkylation sites (tertiary alicyclic amines) is 1. The Bertz CT molecular complexity index is 715. The number of amides is 2. The Kier molecular flexibility index (Phi) is 7.65. The first-order valence-corrected chi connectivity index (χ1v) is 10.1. The molecule has 1 fully saturated rings. The van der Waals surface area contributed by atoms with E-state index in [0.717, 1.165) is 11.3 Å². The van der Waals surface area contributed by atoms with E-state index in [4.69, 9.17) is 4.74 Å². The van der Waals surface area contributed by atoms with Crippen molar-refractivity contribution in [2.45, 2.75) is 40.2 Å². The predicted octanol–water partition coefficient (Wildman–Crippen LogP) is 2.20. The zero-order chi connectivity index (χ0) is 21.6. The molecular formula is C22H33N3O4. The first-order chi connectivity index (χ1) is 13.6. The number of ether oxygens (including phenoxy) is 1. The van der Waals surface area contributed by atoms with Gasteiger partial charge in [0.25, 0.3) is 5.91 Å². The lowest BCUT2D eigenvalue weighted by Crippen LogP contribution is -2.45. The molecule has 0 aliphatic carbocycles. The number of piperidine rings is 1. The van der Waals surface area contributed by atoms with Gasteiger partial charge in [0.15, 0.2) is 6.61 Å². The molecular weight excluding hydrogens is 370 g/mol. The molecule has 0 aromatic heterocycles. The van der Waals surface area contributed by atoms with E-state index in [1.54, 1.807) is 4.90 Å². The maximum atomic E-state index is 12.3. The molecule has 2 amide bonds. The standard InChI is InChI=1S/C22H33N3O4/c1-22(2,3)21(28)25-12-10-17(11-13-25)20(27)29-15-19(26)23-14-16-6-8-18(9-7-16)24(4)5/h6-9,17H,10-15H2,1-5H3,(H,23,26). The lowest BCUT2D eigenvalue weighted by atomic mass is 9.91. The Morgan fingerprint density at radius 3 is 2.21 bits per heavy atom. The summed E-state index contributed by atoms with van der Waals surface area (Å²) in [5.41, 5.74) is 1.65. The van der Waals surface area contributed by atoms with Crippen molar-refractivity contribution in [3.63, 3.8) is 0 Å². The highest BCUT2D eigenvalue weighted by atomic mass is 16.5. The summed E-state index contributed by atoms with van der Waals surface area (Å²) in [6, 6.07) is 7.87. The third kappa shape index (κ3) is 6.76. The molecule has 1 aliphatic rings. The molecule has 1 heterocycles. The summed E-state index contributed by atoms with van der Waals surface area (Å²) in [5.74, 6) is -0.846. The van der Waals surface area contributed by atoms with Gasteiger partial charge < -0.3 is 19.9 Å². The number of nitrogens with zero attached hydrogens (tertiary/aromatic N) is 2. The van der Waals surface area contributed by atoms with Crippen LogP contribution in [0.1, 0.15) is 39.2 Å². The van der Waals surface area contributed by atoms with E-state index < -0.39 is 5.41 Å². The average molecular weight is 404 g/mol. The maximum Gasteiger partial charge on any atom is 0.309 e. The lowest BCUT2D eigenvalue weighted by molar-refractivity contribution is -0.155. The van der Waals surface area contributed by atoms with Crippen LogP contribution in [0, 0.1) is 11.3 Å². The molecule has 29 heavy (non-hydrogen) atoms. The number of nitrogens with one attached hydrogen (secondary N) is 1. The van der Waals surface area contributed by atoms with Crippen LogP contribution in [-0.2, 0) is 25.7 Å². The molecule has 0 spiro atoms. The van der Waals surface area contributed by atoms with E-state index in [1.807, 2.05) is 64.0 Å². The van der Waals surface area contributed by atoms with Gasteiger partial charge in [0.1, 0.15) is 0 Å². The first-order valence-electron chi connectivity index (χ1n) is 10.1. The van der Waals surface area contributed by atoms with Crippen molar-refractivity contribution < 1.29 is 19.1 Å². The van der Waals surface area contributed by atoms with Crippen molar-refractivity contribution >= 4 is 23.5 Å². The predicted molar refractivity (Wildman–Crippen MR) is 112 cm³/mol. The molecule has 2 rings (SSSR count). The number of benzene rings is 1. The Labute approximate surface area is 173 Å². The molecule has 1 saturated heterocycles. The van der Waals surface area contributed by atoms with Crippen LogP contribution in [0.4, 0.5) is 5.69 Å². The second-order valence-electron chi connectivity index (χ2n) is 8.76. The maximum absolute atomic E-state index is 12.3. The highest BCUT2D eigenvalue weighted by Gasteiger charge is 2.33. The Hall–Kier alpha value is -2.57. The lowest BCUT2D eigenvalue weighted by Gasteiger charge is -2.34. The van der Waals surface area contributed by atoms with Crippen molar-refractivity contribution in [1.29, 1.82) is 0 Å². The largest absolute Gasteiger partial charge is 0.455 e. The number of esters is 1. The van der Waals surface area contributed by atoms with Gasteiger partial charge in [-0.25, -0.2) is 0 Å². The monoisotopic (exact) mass is 403 g/mol. The summed E-state index contributed by atoms with van der Waals surface area (Å²) < 4.78 is 5.18. The Balaban J connectivity index is 1.70. The van der Waals surface area contributed by atoms with Gasteiger partial charge in [0.05, 0.1) is 5.92 Å². The number of hydrogen-bond acceptors (Lipinski definition) is 5. The van der Waals surface area contributed by atoms with Gasteiger partial charge in [-0.2, -0.15) is 0 Å². The van der Waals surface area contributed by atoms with E-state index in [9.17, 15) is 14.4 Å². The first kappa shape index (κ1) is 22.7. The summed E-state index contributed by atoms with van der Waals surface area (Å²) in [5, 5.41) is 2.76. The minimum Gasteiger partial charge on any atom is -0.455 e. The van der Waals surface area contributed by atoms with Gasteiger partial charge in [0.2, 0.25) is 5.91 Å². The van der Waals surface area contributed by atoms with Gasteiger partial charge in [-0.05, 0) is 30.5 Å². The average Bonchev–Trinajstić information content (AvgIpc) is 2.69. The van der Waals surface area contributed by atoms with Gasteiger partial charge >= 0.3 is 5.97 Å². The molecule has 0 atom stereocenters. The van der Waals surface area contributed by atoms with E-state index in [-0.39, 0.29) is 30.3 Å². The number of hydrogen-bond donors (Lipinski definition) is 1. The van der Waals surface area contributed by atoms with E-state index in [1.165, 1.54) is 0 Å². The van der Waals surface area contributed by atoms with E-state index in [0.29, 0.717) is 32.5 Å². The number of anilines is 1. The summed E-state index contributed by atoms with van der Waals surface area (Å²) in [4.78, 5) is 40.3. The minimum absolute atomic E-state index is 0.0994. The van der Waals surface area contributed by atoms with Crippen LogP contribution >= 0.6 is 0 Å². The van der Waals surface area contributed by atoms with Crippen LogP contribution < -0.4 is 10.2 Å². The second-order valence-corrected chi connectivity index (χ2v) is 8.76. The molecule has 0 bridgehead atoms. The van der Waals surface area contributed by atoms with Crippen LogP contribution in [0.3, 0.4) is 0 Å². The topological polar surface area (TPSA) is 79.0 Å². The summed E-state index contributed by atoms with van der Waals surface area (Å²) >= 11 is 0. The Morgan fingerprint density at radius 1 is 1.10 bits per heavy atom. The molecule has 7 nitrogen and oxygen atoms in total. The van der Waals surface area contributed by atoms with E-state index in [2.05, 4.69) is 5.32 Å². The normalized spacial score (nSPS) is 15.0. The second kappa shape index (κ2) is 9.76. The number of rotatable bonds is 6. The van der Waals surface area contributed by atoms with Crippen molar-refractivity contribution in [1.82, 2.24) is 10.2 Å². The molecule has 1 aliphatic heterocycles. The van der Waals surface area contributed by atoms with Gasteiger partial charge in [0, 0.05) is 44.8 Å². The van der Waals surface area contributed by atoms with Crippen LogP contribution in [0.15, 0.2) is 24.3 Å². The van der Waals surface area contributed by atoms with Crippen LogP contribution in [0.2, 0.25) is 0 Å². The Morgan fingerprint density at radius 2 is 1.69 bits per heavy atom.